The van der Waals surface area contributed by atoms with Crippen LogP contribution in [0.1, 0.15) is 10.5 Å². The summed E-state index contributed by atoms with van der Waals surface area (Å²) in [5.74, 6) is -1.11. The molecule has 0 aromatic carbocycles. The van der Waals surface area contributed by atoms with E-state index in [1.165, 1.54) is 0 Å². The highest BCUT2D eigenvalue weighted by Crippen LogP contribution is 2.25. The van der Waals surface area contributed by atoms with E-state index >= 15 is 0 Å². The molecule has 1 aromatic heterocycles. The molecule has 1 rings (SSSR count). The van der Waals surface area contributed by atoms with Crippen LogP contribution in [0, 0.1) is 10.1 Å². The number of H-pyrrole nitrogens is 1. The van der Waals surface area contributed by atoms with E-state index in [0.29, 0.717) is 0 Å². The number of rotatable bonds is 2. The molecular weight excluding hydrogens is 246 g/mol. The molecule has 1 N–H and O–H groups in total. The van der Waals surface area contributed by atoms with E-state index in [-0.39, 0.29) is 16.0 Å². The summed E-state index contributed by atoms with van der Waals surface area (Å²) in [6, 6.07) is 0. The second-order valence-corrected chi connectivity index (χ2v) is 2.78. The van der Waals surface area contributed by atoms with Crippen LogP contribution in [0.5, 0.6) is 0 Å². The molecule has 7 nitrogen and oxygen atoms in total. The first kappa shape index (κ1) is 9.65. The van der Waals surface area contributed by atoms with Crippen molar-refractivity contribution in [2.24, 2.45) is 0 Å². The van der Waals surface area contributed by atoms with Crippen molar-refractivity contribution in [3.63, 3.8) is 0 Å². The van der Waals surface area contributed by atoms with Crippen molar-refractivity contribution in [2.75, 3.05) is 7.11 Å². The number of aromatic amines is 1. The molecule has 1 aromatic rings. The molecule has 0 spiro atoms. The lowest BCUT2D eigenvalue weighted by Gasteiger charge is -1.92. The van der Waals surface area contributed by atoms with Crippen LogP contribution in [-0.4, -0.2) is 28.2 Å². The van der Waals surface area contributed by atoms with Gasteiger partial charge in [0.1, 0.15) is 4.47 Å². The van der Waals surface area contributed by atoms with Gasteiger partial charge in [-0.3, -0.25) is 0 Å². The molecule has 0 bridgehead atoms. The summed E-state index contributed by atoms with van der Waals surface area (Å²) in [6.45, 7) is 0. The highest BCUT2D eigenvalue weighted by atomic mass is 79.9. The van der Waals surface area contributed by atoms with E-state index in [1.54, 1.807) is 0 Å². The topological polar surface area (TPSA) is 98.1 Å². The number of aromatic nitrogens is 2. The average Bonchev–Trinajstić information content (AvgIpc) is 2.46. The highest BCUT2D eigenvalue weighted by Gasteiger charge is 2.24. The fraction of sp³-hybridized carbons (Fsp3) is 0.200. The van der Waals surface area contributed by atoms with Crippen molar-refractivity contribution in [3.8, 4) is 0 Å². The zero-order valence-corrected chi connectivity index (χ0v) is 7.99. The van der Waals surface area contributed by atoms with Gasteiger partial charge in [0.05, 0.1) is 7.11 Å². The quantitative estimate of drug-likeness (QED) is 0.477. The molecule has 0 aliphatic rings. The number of hydrogen-bond acceptors (Lipinski definition) is 5. The summed E-state index contributed by atoms with van der Waals surface area (Å²) in [7, 11) is 1.16. The Labute approximate surface area is 80.4 Å². The standard InChI is InChI=1S/C5H4BrN3O4/c1-13-5(10)3-2(6)4(8-7-3)9(11)12/h1H3,(H,7,8). The number of carbonyl (C=O) groups excluding carboxylic acids is 1. The zero-order chi connectivity index (χ0) is 10.0. The van der Waals surface area contributed by atoms with Crippen LogP contribution in [0.3, 0.4) is 0 Å². The smallest absolute Gasteiger partial charge is 0.362 e. The number of esters is 1. The summed E-state index contributed by atoms with van der Waals surface area (Å²) >= 11 is 2.86. The van der Waals surface area contributed by atoms with Crippen LogP contribution >= 0.6 is 15.9 Å². The Hall–Kier alpha value is -1.44. The zero-order valence-electron chi connectivity index (χ0n) is 6.41. The number of nitrogens with one attached hydrogen (secondary N) is 1. The molecule has 0 fully saturated rings. The average molecular weight is 250 g/mol. The second kappa shape index (κ2) is 3.52. The van der Waals surface area contributed by atoms with Crippen molar-refractivity contribution in [1.82, 2.24) is 10.2 Å². The maximum Gasteiger partial charge on any atom is 0.362 e. The predicted molar refractivity (Wildman–Crippen MR) is 44.3 cm³/mol. The molecule has 0 saturated heterocycles. The maximum atomic E-state index is 10.9. The Morgan fingerprint density at radius 1 is 1.77 bits per heavy atom. The van der Waals surface area contributed by atoms with Gasteiger partial charge < -0.3 is 14.9 Å². The minimum absolute atomic E-state index is 0.00986. The normalized spacial score (nSPS) is 9.69. The minimum atomic E-state index is -0.740. The third-order valence-electron chi connectivity index (χ3n) is 1.25. The van der Waals surface area contributed by atoms with Crippen LogP contribution in [0.25, 0.3) is 0 Å². The molecule has 8 heteroatoms. The van der Waals surface area contributed by atoms with Gasteiger partial charge in [0.25, 0.3) is 0 Å². The Morgan fingerprint density at radius 3 is 2.77 bits per heavy atom. The lowest BCUT2D eigenvalue weighted by Crippen LogP contribution is -2.02. The van der Waals surface area contributed by atoms with Gasteiger partial charge in [-0.05, 0) is 20.9 Å². The van der Waals surface area contributed by atoms with E-state index in [9.17, 15) is 14.9 Å². The molecule has 0 unspecified atom stereocenters. The van der Waals surface area contributed by atoms with E-state index in [0.717, 1.165) is 7.11 Å². The van der Waals surface area contributed by atoms with Gasteiger partial charge in [-0.25, -0.2) is 4.79 Å². The summed E-state index contributed by atoms with van der Waals surface area (Å²) in [4.78, 5) is 20.5. The summed E-state index contributed by atoms with van der Waals surface area (Å²) in [6.07, 6.45) is 0. The molecule has 0 aliphatic heterocycles. The van der Waals surface area contributed by atoms with Crippen molar-refractivity contribution in [1.29, 1.82) is 0 Å². The largest absolute Gasteiger partial charge is 0.464 e. The van der Waals surface area contributed by atoms with Gasteiger partial charge >= 0.3 is 11.8 Å². The van der Waals surface area contributed by atoms with Crippen LogP contribution < -0.4 is 0 Å². The Bertz CT molecular complexity index is 361. The molecule has 0 atom stereocenters. The number of carbonyl (C=O) groups is 1. The van der Waals surface area contributed by atoms with Crippen LogP contribution in [-0.2, 0) is 4.74 Å². The number of halogens is 1. The lowest BCUT2D eigenvalue weighted by molar-refractivity contribution is -0.390. The predicted octanol–water partition coefficient (Wildman–Crippen LogP) is 0.867. The van der Waals surface area contributed by atoms with Gasteiger partial charge in [0.15, 0.2) is 0 Å². The third-order valence-corrected chi connectivity index (χ3v) is 2.00. The van der Waals surface area contributed by atoms with Crippen molar-refractivity contribution < 1.29 is 14.5 Å². The fourth-order valence-corrected chi connectivity index (χ4v) is 1.16. The van der Waals surface area contributed by atoms with Gasteiger partial charge in [0, 0.05) is 0 Å². The summed E-state index contributed by atoms with van der Waals surface area (Å²) in [5, 5.41) is 15.8. The number of hydrogen-bond donors (Lipinski definition) is 1. The molecule has 0 radical (unpaired) electrons. The monoisotopic (exact) mass is 249 g/mol. The molecule has 1 heterocycles. The maximum absolute atomic E-state index is 10.9. The fourth-order valence-electron chi connectivity index (χ4n) is 0.672. The lowest BCUT2D eigenvalue weighted by atomic mass is 10.4. The van der Waals surface area contributed by atoms with Crippen LogP contribution in [0.2, 0.25) is 0 Å². The van der Waals surface area contributed by atoms with Crippen molar-refractivity contribution >= 4 is 27.7 Å². The summed E-state index contributed by atoms with van der Waals surface area (Å²) in [5.41, 5.74) is -0.144. The van der Waals surface area contributed by atoms with E-state index < -0.39 is 10.9 Å². The van der Waals surface area contributed by atoms with Gasteiger partial charge in [-0.15, -0.1) is 5.10 Å². The third kappa shape index (κ3) is 1.66. The van der Waals surface area contributed by atoms with Gasteiger partial charge in [0.2, 0.25) is 5.69 Å². The highest BCUT2D eigenvalue weighted by molar-refractivity contribution is 9.10. The number of nitrogens with zero attached hydrogens (tertiary/aromatic N) is 2. The first-order valence-corrected chi connectivity index (χ1v) is 3.83. The van der Waals surface area contributed by atoms with Crippen molar-refractivity contribution in [2.45, 2.75) is 0 Å². The van der Waals surface area contributed by atoms with E-state index in [4.69, 9.17) is 0 Å². The van der Waals surface area contributed by atoms with Crippen LogP contribution in [0.15, 0.2) is 4.47 Å². The van der Waals surface area contributed by atoms with E-state index in [1.807, 2.05) is 0 Å². The number of nitro groups is 1. The second-order valence-electron chi connectivity index (χ2n) is 1.98. The molecule has 70 valence electrons. The molecule has 13 heavy (non-hydrogen) atoms. The SMILES string of the molecule is COC(=O)c1n[nH]c([N+](=O)[O-])c1Br. The summed E-state index contributed by atoms with van der Waals surface area (Å²) < 4.78 is 4.33. The molecule has 0 saturated carbocycles. The molecular formula is C5H4BrN3O4. The van der Waals surface area contributed by atoms with Crippen LogP contribution in [0.4, 0.5) is 5.82 Å². The van der Waals surface area contributed by atoms with Gasteiger partial charge in [-0.2, -0.15) is 0 Å². The Kier molecular flexibility index (Phi) is 2.61. The number of methoxy groups -OCH3 is 1. The first-order valence-electron chi connectivity index (χ1n) is 3.04. The Balaban J connectivity index is 3.13. The van der Waals surface area contributed by atoms with Gasteiger partial charge in [-0.1, -0.05) is 5.10 Å². The molecule has 0 aliphatic carbocycles. The number of ether oxygens (including phenoxy) is 1. The van der Waals surface area contributed by atoms with Crippen molar-refractivity contribution in [3.05, 3.63) is 20.3 Å². The van der Waals surface area contributed by atoms with E-state index in [2.05, 4.69) is 30.9 Å². The minimum Gasteiger partial charge on any atom is -0.464 e. The Morgan fingerprint density at radius 2 is 2.38 bits per heavy atom. The first-order chi connectivity index (χ1) is 6.07. The molecule has 0 amide bonds.